The minimum absolute atomic E-state index is 0.0502. The Labute approximate surface area is 139 Å². The fraction of sp³-hybridized carbons (Fsp3) is 0.467. The lowest BCUT2D eigenvalue weighted by Gasteiger charge is -2.39. The third-order valence-corrected chi connectivity index (χ3v) is 4.45. The molecule has 2 amide bonds. The number of piperazine rings is 1. The van der Waals surface area contributed by atoms with Crippen molar-refractivity contribution < 1.29 is 14.3 Å². The van der Waals surface area contributed by atoms with Crippen molar-refractivity contribution >= 4 is 35.0 Å². The number of halogens is 2. The summed E-state index contributed by atoms with van der Waals surface area (Å²) in [4.78, 5) is 27.7. The van der Waals surface area contributed by atoms with Gasteiger partial charge < -0.3 is 14.5 Å². The topological polar surface area (TPSA) is 49.9 Å². The predicted molar refractivity (Wildman–Crippen MR) is 84.9 cm³/mol. The van der Waals surface area contributed by atoms with E-state index in [0.29, 0.717) is 28.8 Å². The molecule has 1 aromatic rings. The summed E-state index contributed by atoms with van der Waals surface area (Å²) in [6, 6.07) is 4.63. The Balaban J connectivity index is 2.16. The van der Waals surface area contributed by atoms with Crippen molar-refractivity contribution in [2.45, 2.75) is 19.5 Å². The minimum Gasteiger partial charge on any atom is -0.383 e. The second kappa shape index (κ2) is 7.31. The van der Waals surface area contributed by atoms with Gasteiger partial charge >= 0.3 is 0 Å². The summed E-state index contributed by atoms with van der Waals surface area (Å²) in [5.41, 5.74) is 0.657. The highest BCUT2D eigenvalue weighted by molar-refractivity contribution is 6.36. The van der Waals surface area contributed by atoms with Gasteiger partial charge in [-0.1, -0.05) is 29.3 Å². The van der Waals surface area contributed by atoms with Crippen LogP contribution in [0.25, 0.3) is 0 Å². The summed E-state index contributed by atoms with van der Waals surface area (Å²) in [5.74, 6) is -0.223. The van der Waals surface area contributed by atoms with E-state index in [1.807, 2.05) is 0 Å². The van der Waals surface area contributed by atoms with Gasteiger partial charge in [-0.3, -0.25) is 9.59 Å². The zero-order valence-corrected chi connectivity index (χ0v) is 14.0. The van der Waals surface area contributed by atoms with Gasteiger partial charge in [0.2, 0.25) is 11.8 Å². The molecule has 22 heavy (non-hydrogen) atoms. The second-order valence-electron chi connectivity index (χ2n) is 5.15. The molecule has 1 saturated heterocycles. The fourth-order valence-electron chi connectivity index (χ4n) is 2.42. The summed E-state index contributed by atoms with van der Waals surface area (Å²) >= 11 is 12.3. The smallest absolute Gasteiger partial charge is 0.245 e. The molecule has 0 radical (unpaired) electrons. The molecule has 5 nitrogen and oxygen atoms in total. The molecule has 1 aliphatic heterocycles. The van der Waals surface area contributed by atoms with E-state index in [2.05, 4.69) is 0 Å². The molecule has 120 valence electrons. The van der Waals surface area contributed by atoms with Crippen LogP contribution in [0.5, 0.6) is 0 Å². The van der Waals surface area contributed by atoms with Gasteiger partial charge in [-0.25, -0.2) is 0 Å². The van der Waals surface area contributed by atoms with Crippen LogP contribution in [-0.2, 0) is 20.9 Å². The van der Waals surface area contributed by atoms with Gasteiger partial charge in [0.1, 0.15) is 6.04 Å². The number of carbonyl (C=O) groups is 2. The van der Waals surface area contributed by atoms with Gasteiger partial charge in [0, 0.05) is 35.8 Å². The summed E-state index contributed by atoms with van der Waals surface area (Å²) in [6.45, 7) is 2.80. The molecule has 0 spiro atoms. The molecule has 1 aromatic carbocycles. The Bertz CT molecular complexity index is 560. The maximum Gasteiger partial charge on any atom is 0.245 e. The predicted octanol–water partition coefficient (Wildman–Crippen LogP) is 2.20. The van der Waals surface area contributed by atoms with E-state index in [1.165, 1.54) is 9.80 Å². The Kier molecular flexibility index (Phi) is 5.67. The highest BCUT2D eigenvalue weighted by Crippen LogP contribution is 2.27. The molecule has 0 N–H and O–H groups in total. The van der Waals surface area contributed by atoms with Crippen LogP contribution < -0.4 is 0 Å². The number of hydrogen-bond donors (Lipinski definition) is 0. The van der Waals surface area contributed by atoms with Crippen LogP contribution in [0.3, 0.4) is 0 Å². The third kappa shape index (κ3) is 3.54. The van der Waals surface area contributed by atoms with E-state index >= 15 is 0 Å². The monoisotopic (exact) mass is 344 g/mol. The molecule has 1 heterocycles. The van der Waals surface area contributed by atoms with Gasteiger partial charge in [-0.15, -0.1) is 0 Å². The number of carbonyl (C=O) groups excluding carboxylic acids is 2. The Hall–Kier alpha value is -1.30. The molecule has 1 atom stereocenters. The zero-order valence-electron chi connectivity index (χ0n) is 12.5. The van der Waals surface area contributed by atoms with Gasteiger partial charge in [0.05, 0.1) is 13.2 Å². The van der Waals surface area contributed by atoms with Crippen LogP contribution in [0.15, 0.2) is 18.2 Å². The SMILES string of the molecule is COCCN1CC(=O)N(Cc2c(Cl)cccc2Cl)[C@@H](C)C1=O. The van der Waals surface area contributed by atoms with Crippen molar-refractivity contribution in [1.29, 1.82) is 0 Å². The Morgan fingerprint density at radius 3 is 2.50 bits per heavy atom. The van der Waals surface area contributed by atoms with Gasteiger partial charge in [-0.2, -0.15) is 0 Å². The first-order chi connectivity index (χ1) is 10.5. The van der Waals surface area contributed by atoms with E-state index in [9.17, 15) is 9.59 Å². The standard InChI is InChI=1S/C15H18Cl2N2O3/c1-10-15(21)18(6-7-22-2)9-14(20)19(10)8-11-12(16)4-3-5-13(11)17/h3-5,10H,6-9H2,1-2H3/t10-/m0/s1. The number of ether oxygens (including phenoxy) is 1. The molecule has 0 saturated carbocycles. The van der Waals surface area contributed by atoms with Crippen LogP contribution in [0.4, 0.5) is 0 Å². The molecule has 0 aromatic heterocycles. The molecular weight excluding hydrogens is 327 g/mol. The summed E-state index contributed by atoms with van der Waals surface area (Å²) in [7, 11) is 1.56. The first-order valence-corrected chi connectivity index (χ1v) is 7.71. The molecule has 1 fully saturated rings. The zero-order chi connectivity index (χ0) is 16.3. The van der Waals surface area contributed by atoms with Crippen LogP contribution in [0.2, 0.25) is 10.0 Å². The van der Waals surface area contributed by atoms with Crippen LogP contribution in [-0.4, -0.2) is 54.5 Å². The van der Waals surface area contributed by atoms with E-state index in [-0.39, 0.29) is 24.9 Å². The van der Waals surface area contributed by atoms with Gasteiger partial charge in [0.25, 0.3) is 0 Å². The normalized spacial score (nSPS) is 19.0. The van der Waals surface area contributed by atoms with Gasteiger partial charge in [0.15, 0.2) is 0 Å². The molecule has 0 unspecified atom stereocenters. The first kappa shape index (κ1) is 17.1. The molecule has 0 aliphatic carbocycles. The van der Waals surface area contributed by atoms with E-state index in [1.54, 1.807) is 32.2 Å². The minimum atomic E-state index is -0.551. The van der Waals surface area contributed by atoms with Crippen molar-refractivity contribution in [3.8, 4) is 0 Å². The van der Waals surface area contributed by atoms with Crippen molar-refractivity contribution in [1.82, 2.24) is 9.80 Å². The molecule has 2 rings (SSSR count). The molecule has 0 bridgehead atoms. The van der Waals surface area contributed by atoms with E-state index in [4.69, 9.17) is 27.9 Å². The Morgan fingerprint density at radius 1 is 1.27 bits per heavy atom. The first-order valence-electron chi connectivity index (χ1n) is 6.95. The van der Waals surface area contributed by atoms with Crippen molar-refractivity contribution in [2.75, 3.05) is 26.8 Å². The number of nitrogens with zero attached hydrogens (tertiary/aromatic N) is 2. The van der Waals surface area contributed by atoms with Crippen molar-refractivity contribution in [3.63, 3.8) is 0 Å². The molecular formula is C15H18Cl2N2O3. The van der Waals surface area contributed by atoms with Gasteiger partial charge in [-0.05, 0) is 19.1 Å². The number of hydrogen-bond acceptors (Lipinski definition) is 3. The fourth-order valence-corrected chi connectivity index (χ4v) is 2.93. The van der Waals surface area contributed by atoms with Crippen LogP contribution in [0, 0.1) is 0 Å². The molecule has 7 heteroatoms. The average molecular weight is 345 g/mol. The van der Waals surface area contributed by atoms with Crippen LogP contribution in [0.1, 0.15) is 12.5 Å². The lowest BCUT2D eigenvalue weighted by Crippen LogP contribution is -2.58. The molecule has 1 aliphatic rings. The van der Waals surface area contributed by atoms with E-state index in [0.717, 1.165) is 0 Å². The quantitative estimate of drug-likeness (QED) is 0.822. The third-order valence-electron chi connectivity index (χ3n) is 3.74. The van der Waals surface area contributed by atoms with Crippen LogP contribution >= 0.6 is 23.2 Å². The number of benzene rings is 1. The number of amides is 2. The van der Waals surface area contributed by atoms with Crippen molar-refractivity contribution in [3.05, 3.63) is 33.8 Å². The summed E-state index contributed by atoms with van der Waals surface area (Å²) in [6.07, 6.45) is 0. The second-order valence-corrected chi connectivity index (χ2v) is 5.96. The maximum absolute atomic E-state index is 12.4. The summed E-state index contributed by atoms with van der Waals surface area (Å²) in [5, 5.41) is 0.975. The largest absolute Gasteiger partial charge is 0.383 e. The summed E-state index contributed by atoms with van der Waals surface area (Å²) < 4.78 is 4.96. The highest BCUT2D eigenvalue weighted by Gasteiger charge is 2.36. The number of rotatable bonds is 5. The highest BCUT2D eigenvalue weighted by atomic mass is 35.5. The van der Waals surface area contributed by atoms with E-state index < -0.39 is 6.04 Å². The Morgan fingerprint density at radius 2 is 1.91 bits per heavy atom. The number of methoxy groups -OCH3 is 1. The average Bonchev–Trinajstić information content (AvgIpc) is 2.48. The maximum atomic E-state index is 12.4. The lowest BCUT2D eigenvalue weighted by molar-refractivity contribution is -0.156. The lowest BCUT2D eigenvalue weighted by atomic mass is 10.1. The van der Waals surface area contributed by atoms with Crippen molar-refractivity contribution in [2.24, 2.45) is 0 Å².